The Bertz CT molecular complexity index is 1170. The van der Waals surface area contributed by atoms with Gasteiger partial charge in [-0.2, -0.15) is 0 Å². The fraction of sp³-hybridized carbons (Fsp3) is 0.190. The molecular weight excluding hydrogens is 368 g/mol. The highest BCUT2D eigenvalue weighted by atomic mass is 16.2. The molecule has 0 radical (unpaired) electrons. The molecule has 0 aliphatic heterocycles. The molecule has 0 aliphatic carbocycles. The summed E-state index contributed by atoms with van der Waals surface area (Å²) in [4.78, 5) is 28.6. The van der Waals surface area contributed by atoms with Crippen LogP contribution in [0.5, 0.6) is 0 Å². The minimum atomic E-state index is -0.239. The van der Waals surface area contributed by atoms with E-state index in [4.69, 9.17) is 0 Å². The standard InChI is InChI=1S/C21H20N6O2/c28-20(9-11-27-21(29)18-3-1-2-4-19(18)24-25-27)23-13-16-5-7-17(8-6-16)14-26-12-10-22-15-26/h1-8,10,12,15H,9,11,13-14H2,(H,23,28). The van der Waals surface area contributed by atoms with Crippen molar-refractivity contribution in [3.63, 3.8) is 0 Å². The summed E-state index contributed by atoms with van der Waals surface area (Å²) in [7, 11) is 0. The van der Waals surface area contributed by atoms with Crippen LogP contribution in [0.4, 0.5) is 0 Å². The molecule has 0 bridgehead atoms. The number of carbonyl (C=O) groups is 1. The van der Waals surface area contributed by atoms with E-state index in [9.17, 15) is 9.59 Å². The van der Waals surface area contributed by atoms with E-state index in [-0.39, 0.29) is 24.4 Å². The van der Waals surface area contributed by atoms with Crippen molar-refractivity contribution < 1.29 is 4.79 Å². The first-order chi connectivity index (χ1) is 14.2. The van der Waals surface area contributed by atoms with E-state index >= 15 is 0 Å². The van der Waals surface area contributed by atoms with Crippen molar-refractivity contribution in [2.45, 2.75) is 26.1 Å². The van der Waals surface area contributed by atoms with Crippen LogP contribution in [0.2, 0.25) is 0 Å². The van der Waals surface area contributed by atoms with Gasteiger partial charge in [-0.25, -0.2) is 9.67 Å². The molecular formula is C21H20N6O2. The van der Waals surface area contributed by atoms with E-state index in [2.05, 4.69) is 20.6 Å². The van der Waals surface area contributed by atoms with Crippen molar-refractivity contribution in [1.29, 1.82) is 0 Å². The zero-order valence-electron chi connectivity index (χ0n) is 15.7. The van der Waals surface area contributed by atoms with Gasteiger partial charge in [0.15, 0.2) is 0 Å². The summed E-state index contributed by atoms with van der Waals surface area (Å²) < 4.78 is 3.22. The summed E-state index contributed by atoms with van der Waals surface area (Å²) in [6.45, 7) is 1.38. The van der Waals surface area contributed by atoms with Gasteiger partial charge in [0.2, 0.25) is 5.91 Å². The molecule has 0 atom stereocenters. The maximum absolute atomic E-state index is 12.4. The van der Waals surface area contributed by atoms with Crippen LogP contribution >= 0.6 is 0 Å². The van der Waals surface area contributed by atoms with E-state index in [1.807, 2.05) is 35.0 Å². The lowest BCUT2D eigenvalue weighted by Crippen LogP contribution is -2.29. The predicted octanol–water partition coefficient (Wildman–Crippen LogP) is 1.74. The number of imidazole rings is 1. The average Bonchev–Trinajstić information content (AvgIpc) is 3.26. The number of hydrogen-bond acceptors (Lipinski definition) is 5. The van der Waals surface area contributed by atoms with E-state index in [1.54, 1.807) is 36.8 Å². The monoisotopic (exact) mass is 388 g/mol. The number of rotatable bonds is 7. The Morgan fingerprint density at radius 3 is 2.62 bits per heavy atom. The highest BCUT2D eigenvalue weighted by molar-refractivity contribution is 5.77. The van der Waals surface area contributed by atoms with Crippen molar-refractivity contribution in [2.24, 2.45) is 0 Å². The quantitative estimate of drug-likeness (QED) is 0.520. The van der Waals surface area contributed by atoms with Gasteiger partial charge >= 0.3 is 0 Å². The lowest BCUT2D eigenvalue weighted by molar-refractivity contribution is -0.121. The second-order valence-electron chi connectivity index (χ2n) is 6.71. The van der Waals surface area contributed by atoms with E-state index < -0.39 is 0 Å². The van der Waals surface area contributed by atoms with Gasteiger partial charge in [0.25, 0.3) is 5.56 Å². The van der Waals surface area contributed by atoms with Crippen LogP contribution < -0.4 is 10.9 Å². The Hall–Kier alpha value is -3.81. The Balaban J connectivity index is 1.29. The van der Waals surface area contributed by atoms with Gasteiger partial charge in [-0.15, -0.1) is 5.10 Å². The number of nitrogens with one attached hydrogen (secondary N) is 1. The largest absolute Gasteiger partial charge is 0.352 e. The number of hydrogen-bond donors (Lipinski definition) is 1. The highest BCUT2D eigenvalue weighted by Crippen LogP contribution is 2.07. The Morgan fingerprint density at radius 2 is 1.83 bits per heavy atom. The number of amides is 1. The number of aryl methyl sites for hydroxylation is 1. The molecule has 146 valence electrons. The Labute approximate surface area is 166 Å². The van der Waals surface area contributed by atoms with Gasteiger partial charge in [-0.05, 0) is 23.3 Å². The van der Waals surface area contributed by atoms with E-state index in [0.717, 1.165) is 17.7 Å². The van der Waals surface area contributed by atoms with Crippen LogP contribution in [0, 0.1) is 0 Å². The molecule has 0 spiro atoms. The number of fused-ring (bicyclic) bond motifs is 1. The molecule has 0 saturated carbocycles. The number of nitrogens with zero attached hydrogens (tertiary/aromatic N) is 5. The topological polar surface area (TPSA) is 94.7 Å². The van der Waals surface area contributed by atoms with Crippen LogP contribution in [0.15, 0.2) is 72.0 Å². The molecule has 8 heteroatoms. The van der Waals surface area contributed by atoms with Crippen molar-refractivity contribution in [3.05, 3.63) is 88.7 Å². The molecule has 0 aliphatic rings. The van der Waals surface area contributed by atoms with Crippen LogP contribution in [0.25, 0.3) is 10.9 Å². The summed E-state index contributed by atoms with van der Waals surface area (Å²) in [6.07, 6.45) is 5.60. The smallest absolute Gasteiger partial charge is 0.277 e. The first-order valence-electron chi connectivity index (χ1n) is 9.32. The second-order valence-corrected chi connectivity index (χ2v) is 6.71. The minimum Gasteiger partial charge on any atom is -0.352 e. The summed E-state index contributed by atoms with van der Waals surface area (Å²) >= 11 is 0. The fourth-order valence-corrected chi connectivity index (χ4v) is 3.02. The normalized spacial score (nSPS) is 10.9. The fourth-order valence-electron chi connectivity index (χ4n) is 3.02. The van der Waals surface area contributed by atoms with Gasteiger partial charge < -0.3 is 9.88 Å². The van der Waals surface area contributed by atoms with Crippen LogP contribution in [0.1, 0.15) is 17.5 Å². The molecule has 2 aromatic heterocycles. The third-order valence-corrected chi connectivity index (χ3v) is 4.62. The number of aromatic nitrogens is 5. The molecule has 0 saturated heterocycles. The summed E-state index contributed by atoms with van der Waals surface area (Å²) in [5, 5.41) is 11.3. The molecule has 1 N–H and O–H groups in total. The van der Waals surface area contributed by atoms with Gasteiger partial charge in [-0.1, -0.05) is 41.6 Å². The third-order valence-electron chi connectivity index (χ3n) is 4.62. The summed E-state index contributed by atoms with van der Waals surface area (Å²) in [5.41, 5.74) is 2.48. The Kier molecular flexibility index (Phi) is 5.42. The maximum atomic E-state index is 12.4. The number of benzene rings is 2. The van der Waals surface area contributed by atoms with Crippen LogP contribution in [-0.2, 0) is 24.4 Å². The maximum Gasteiger partial charge on any atom is 0.277 e. The Morgan fingerprint density at radius 1 is 1.03 bits per heavy atom. The highest BCUT2D eigenvalue weighted by Gasteiger charge is 2.08. The predicted molar refractivity (Wildman–Crippen MR) is 108 cm³/mol. The van der Waals surface area contributed by atoms with Gasteiger partial charge in [-0.3, -0.25) is 9.59 Å². The molecule has 1 amide bonds. The van der Waals surface area contributed by atoms with Gasteiger partial charge in [0, 0.05) is 31.9 Å². The molecule has 2 aromatic carbocycles. The van der Waals surface area contributed by atoms with Crippen LogP contribution in [0.3, 0.4) is 0 Å². The zero-order valence-corrected chi connectivity index (χ0v) is 15.7. The van der Waals surface area contributed by atoms with Crippen molar-refractivity contribution >= 4 is 16.8 Å². The lowest BCUT2D eigenvalue weighted by Gasteiger charge is -2.08. The van der Waals surface area contributed by atoms with Crippen LogP contribution in [-0.4, -0.2) is 30.5 Å². The first kappa shape index (κ1) is 18.5. The first-order valence-corrected chi connectivity index (χ1v) is 9.32. The van der Waals surface area contributed by atoms with Crippen molar-refractivity contribution in [2.75, 3.05) is 0 Å². The molecule has 8 nitrogen and oxygen atoms in total. The summed E-state index contributed by atoms with van der Waals surface area (Å²) in [6, 6.07) is 15.1. The third kappa shape index (κ3) is 4.55. The van der Waals surface area contributed by atoms with Crippen molar-refractivity contribution in [3.8, 4) is 0 Å². The van der Waals surface area contributed by atoms with E-state index in [1.165, 1.54) is 4.68 Å². The van der Waals surface area contributed by atoms with E-state index in [0.29, 0.717) is 17.4 Å². The zero-order chi connectivity index (χ0) is 20.1. The molecule has 4 rings (SSSR count). The van der Waals surface area contributed by atoms with Gasteiger partial charge in [0.05, 0.1) is 18.3 Å². The van der Waals surface area contributed by atoms with Gasteiger partial charge in [0.1, 0.15) is 5.52 Å². The molecule has 0 fully saturated rings. The second kappa shape index (κ2) is 8.47. The van der Waals surface area contributed by atoms with Crippen molar-refractivity contribution in [1.82, 2.24) is 29.9 Å². The SMILES string of the molecule is O=C(CCn1nnc2ccccc2c1=O)NCc1ccc(Cn2ccnc2)cc1. The summed E-state index contributed by atoms with van der Waals surface area (Å²) in [5.74, 6) is -0.144. The average molecular weight is 388 g/mol. The lowest BCUT2D eigenvalue weighted by atomic mass is 10.1. The molecule has 29 heavy (non-hydrogen) atoms. The minimum absolute atomic E-state index is 0.144. The number of carbonyl (C=O) groups excluding carboxylic acids is 1. The molecule has 2 heterocycles. The molecule has 4 aromatic rings. The molecule has 0 unspecified atom stereocenters.